The van der Waals surface area contributed by atoms with Gasteiger partial charge in [0, 0.05) is 5.39 Å². The smallest absolute Gasteiger partial charge is 0.255 e. The van der Waals surface area contributed by atoms with Crippen LogP contribution in [0.25, 0.3) is 10.8 Å². The molecule has 3 nitrogen and oxygen atoms in total. The van der Waals surface area contributed by atoms with Crippen molar-refractivity contribution in [2.24, 2.45) is 0 Å². The van der Waals surface area contributed by atoms with Crippen LogP contribution in [-0.2, 0) is 0 Å². The minimum atomic E-state index is -0.267. The highest BCUT2D eigenvalue weighted by molar-refractivity contribution is 7.07. The Bertz CT molecular complexity index is 781. The average molecular weight is 297 g/mol. The van der Waals surface area contributed by atoms with E-state index in [9.17, 15) is 9.90 Å². The molecule has 0 fully saturated rings. The van der Waals surface area contributed by atoms with E-state index >= 15 is 0 Å². The number of carbonyl (C=O) groups is 1. The molecule has 0 saturated carbocycles. The first-order valence-corrected chi connectivity index (χ1v) is 7.65. The van der Waals surface area contributed by atoms with E-state index in [-0.39, 0.29) is 17.7 Å². The monoisotopic (exact) mass is 297 g/mol. The number of rotatable bonds is 3. The van der Waals surface area contributed by atoms with Crippen LogP contribution in [0.15, 0.2) is 53.2 Å². The largest absolute Gasteiger partial charge is 0.506 e. The molecule has 1 amide bonds. The molecule has 106 valence electrons. The average Bonchev–Trinajstić information content (AvgIpc) is 3.02. The van der Waals surface area contributed by atoms with Crippen molar-refractivity contribution in [3.63, 3.8) is 0 Å². The molecule has 2 aromatic carbocycles. The topological polar surface area (TPSA) is 49.3 Å². The summed E-state index contributed by atoms with van der Waals surface area (Å²) in [5, 5.41) is 18.8. The Labute approximate surface area is 126 Å². The predicted octanol–water partition coefficient (Wildman–Crippen LogP) is 4.10. The van der Waals surface area contributed by atoms with E-state index in [1.165, 1.54) is 0 Å². The summed E-state index contributed by atoms with van der Waals surface area (Å²) in [5.74, 6) is -0.236. The zero-order valence-electron chi connectivity index (χ0n) is 11.5. The third-order valence-corrected chi connectivity index (χ3v) is 4.24. The van der Waals surface area contributed by atoms with E-state index < -0.39 is 0 Å². The third-order valence-electron chi connectivity index (χ3n) is 3.54. The van der Waals surface area contributed by atoms with Crippen molar-refractivity contribution in [1.82, 2.24) is 5.32 Å². The van der Waals surface area contributed by atoms with Gasteiger partial charge in [-0.05, 0) is 40.8 Å². The van der Waals surface area contributed by atoms with Crippen LogP contribution in [0.3, 0.4) is 0 Å². The number of benzene rings is 2. The molecule has 3 rings (SSSR count). The third kappa shape index (κ3) is 2.62. The van der Waals surface area contributed by atoms with Gasteiger partial charge in [-0.25, -0.2) is 0 Å². The van der Waals surface area contributed by atoms with Crippen molar-refractivity contribution >= 4 is 28.0 Å². The van der Waals surface area contributed by atoms with Crippen LogP contribution in [0.4, 0.5) is 0 Å². The van der Waals surface area contributed by atoms with E-state index in [4.69, 9.17) is 0 Å². The maximum absolute atomic E-state index is 12.3. The lowest BCUT2D eigenvalue weighted by molar-refractivity contribution is 0.0937. The van der Waals surface area contributed by atoms with E-state index in [2.05, 4.69) is 5.32 Å². The van der Waals surface area contributed by atoms with Gasteiger partial charge in [0.05, 0.1) is 11.6 Å². The van der Waals surface area contributed by atoms with Crippen LogP contribution in [0.1, 0.15) is 28.9 Å². The van der Waals surface area contributed by atoms with Gasteiger partial charge in [0.15, 0.2) is 0 Å². The minimum absolute atomic E-state index is 0.0307. The predicted molar refractivity (Wildman–Crippen MR) is 85.8 cm³/mol. The van der Waals surface area contributed by atoms with Crippen molar-refractivity contribution < 1.29 is 9.90 Å². The zero-order chi connectivity index (χ0) is 14.8. The molecule has 0 saturated heterocycles. The van der Waals surface area contributed by atoms with Gasteiger partial charge in [0.25, 0.3) is 5.91 Å². The van der Waals surface area contributed by atoms with Gasteiger partial charge in [-0.1, -0.05) is 30.3 Å². The molecule has 1 heterocycles. The minimum Gasteiger partial charge on any atom is -0.506 e. The van der Waals surface area contributed by atoms with Crippen molar-refractivity contribution in [1.29, 1.82) is 0 Å². The Morgan fingerprint density at radius 1 is 1.19 bits per heavy atom. The lowest BCUT2D eigenvalue weighted by Gasteiger charge is -2.14. The molecule has 2 N–H and O–H groups in total. The molecule has 0 bridgehead atoms. The molecule has 0 spiro atoms. The van der Waals surface area contributed by atoms with Gasteiger partial charge in [-0.15, -0.1) is 0 Å². The summed E-state index contributed by atoms with van der Waals surface area (Å²) in [6, 6.07) is 12.9. The Morgan fingerprint density at radius 3 is 2.76 bits per heavy atom. The van der Waals surface area contributed by atoms with Crippen molar-refractivity contribution in [3.8, 4) is 5.75 Å². The normalized spacial score (nSPS) is 12.2. The summed E-state index contributed by atoms with van der Waals surface area (Å²) >= 11 is 1.60. The van der Waals surface area contributed by atoms with E-state index in [0.717, 1.165) is 10.9 Å². The number of fused-ring (bicyclic) bond motifs is 1. The Hall–Kier alpha value is -2.33. The molecule has 0 aliphatic carbocycles. The van der Waals surface area contributed by atoms with Gasteiger partial charge in [0.2, 0.25) is 0 Å². The van der Waals surface area contributed by atoms with Crippen molar-refractivity contribution in [3.05, 3.63) is 64.4 Å². The number of carbonyl (C=O) groups excluding carboxylic acids is 1. The highest BCUT2D eigenvalue weighted by Crippen LogP contribution is 2.29. The number of hydrogen-bond acceptors (Lipinski definition) is 3. The summed E-state index contributed by atoms with van der Waals surface area (Å²) in [4.78, 5) is 12.3. The Balaban J connectivity index is 1.90. The van der Waals surface area contributed by atoms with Crippen LogP contribution in [0.5, 0.6) is 5.75 Å². The molecule has 0 aliphatic rings. The second-order valence-corrected chi connectivity index (χ2v) is 5.71. The van der Waals surface area contributed by atoms with Crippen molar-refractivity contribution in [2.45, 2.75) is 13.0 Å². The number of phenols is 1. The zero-order valence-corrected chi connectivity index (χ0v) is 12.4. The second-order valence-electron chi connectivity index (χ2n) is 4.93. The number of phenolic OH excluding ortho intramolecular Hbond substituents is 1. The summed E-state index contributed by atoms with van der Waals surface area (Å²) in [6.45, 7) is 1.93. The van der Waals surface area contributed by atoms with E-state index in [1.807, 2.05) is 54.1 Å². The fourth-order valence-corrected chi connectivity index (χ4v) is 3.07. The number of aromatic hydroxyl groups is 1. The highest BCUT2D eigenvalue weighted by Gasteiger charge is 2.16. The second kappa shape index (κ2) is 5.58. The number of thiophene rings is 1. The highest BCUT2D eigenvalue weighted by atomic mass is 32.1. The fraction of sp³-hybridized carbons (Fsp3) is 0.118. The Morgan fingerprint density at radius 2 is 2.00 bits per heavy atom. The van der Waals surface area contributed by atoms with Crippen LogP contribution in [0.2, 0.25) is 0 Å². The fourth-order valence-electron chi connectivity index (χ4n) is 2.32. The van der Waals surface area contributed by atoms with E-state index in [0.29, 0.717) is 10.9 Å². The van der Waals surface area contributed by atoms with Crippen molar-refractivity contribution in [2.75, 3.05) is 0 Å². The summed E-state index contributed by atoms with van der Waals surface area (Å²) < 4.78 is 0. The number of amides is 1. The van der Waals surface area contributed by atoms with Crippen LogP contribution >= 0.6 is 11.3 Å². The van der Waals surface area contributed by atoms with Crippen LogP contribution < -0.4 is 5.32 Å². The standard InChI is InChI=1S/C17H15NO2S/c1-11(13-8-9-21-10-13)18-17(20)15-7-6-12-4-2-3-5-14(12)16(15)19/h2-11,19H,1H3,(H,18,20). The summed E-state index contributed by atoms with van der Waals surface area (Å²) in [7, 11) is 0. The first kappa shape index (κ1) is 13.6. The van der Waals surface area contributed by atoms with Crippen LogP contribution in [-0.4, -0.2) is 11.0 Å². The van der Waals surface area contributed by atoms with Gasteiger partial charge < -0.3 is 10.4 Å². The maximum atomic E-state index is 12.3. The molecule has 1 aromatic heterocycles. The maximum Gasteiger partial charge on any atom is 0.255 e. The molecule has 4 heteroatoms. The van der Waals surface area contributed by atoms with Gasteiger partial charge in [-0.2, -0.15) is 11.3 Å². The number of hydrogen-bond donors (Lipinski definition) is 2. The molecule has 0 aliphatic heterocycles. The lowest BCUT2D eigenvalue weighted by Crippen LogP contribution is -2.26. The SMILES string of the molecule is CC(NC(=O)c1ccc2ccccc2c1O)c1ccsc1. The van der Waals surface area contributed by atoms with Gasteiger partial charge in [0.1, 0.15) is 5.75 Å². The molecule has 21 heavy (non-hydrogen) atoms. The number of nitrogens with one attached hydrogen (secondary N) is 1. The van der Waals surface area contributed by atoms with Gasteiger partial charge >= 0.3 is 0 Å². The Kier molecular flexibility index (Phi) is 3.62. The quantitative estimate of drug-likeness (QED) is 0.764. The van der Waals surface area contributed by atoms with Gasteiger partial charge in [-0.3, -0.25) is 4.79 Å². The molecule has 1 unspecified atom stereocenters. The molecule has 0 radical (unpaired) electrons. The summed E-state index contributed by atoms with van der Waals surface area (Å²) in [5.41, 5.74) is 1.37. The molecule has 1 atom stereocenters. The lowest BCUT2D eigenvalue weighted by atomic mass is 10.0. The molecule has 3 aromatic rings. The first-order valence-electron chi connectivity index (χ1n) is 6.70. The molecular weight excluding hydrogens is 282 g/mol. The molecular formula is C17H15NO2S. The van der Waals surface area contributed by atoms with Crippen LogP contribution in [0, 0.1) is 0 Å². The van der Waals surface area contributed by atoms with E-state index in [1.54, 1.807) is 17.4 Å². The summed E-state index contributed by atoms with van der Waals surface area (Å²) in [6.07, 6.45) is 0. The first-order chi connectivity index (χ1) is 10.2.